The van der Waals surface area contributed by atoms with Crippen LogP contribution in [-0.2, 0) is 0 Å². The fourth-order valence-corrected chi connectivity index (χ4v) is 4.46. The second kappa shape index (κ2) is 5.38. The summed E-state index contributed by atoms with van der Waals surface area (Å²) in [5.41, 5.74) is 0. The van der Waals surface area contributed by atoms with Gasteiger partial charge in [-0.25, -0.2) is 60.7 Å². The molecule has 6 bridgehead atoms. The molecule has 5 fully saturated rings. The van der Waals surface area contributed by atoms with E-state index in [2.05, 4.69) is 0 Å². The lowest BCUT2D eigenvalue weighted by molar-refractivity contribution is -0.792. The van der Waals surface area contributed by atoms with Gasteiger partial charge < -0.3 is 0 Å². The number of rotatable bonds is 6. The largest absolute Gasteiger partial charge is 0.272 e. The molecule has 5 heterocycles. The predicted molar refractivity (Wildman–Crippen MR) is 75.7 cm³/mol. The molecule has 0 aromatic carbocycles. The molecule has 5 saturated heterocycles. The molecular formula is C6H6N12O12. The van der Waals surface area contributed by atoms with Gasteiger partial charge in [-0.15, -0.1) is 0 Å². The quantitative estimate of drug-likeness (QED) is 0.281. The van der Waals surface area contributed by atoms with E-state index in [1.807, 2.05) is 0 Å². The van der Waals surface area contributed by atoms with Gasteiger partial charge >= 0.3 is 0 Å². The number of hydrogen-bond donors (Lipinski definition) is 0. The van der Waals surface area contributed by atoms with Crippen LogP contribution in [0.4, 0.5) is 0 Å². The third-order valence-corrected chi connectivity index (χ3v) is 5.18. The number of nitrogens with zero attached hydrogens (tertiary/aromatic N) is 12. The first-order valence-corrected chi connectivity index (χ1v) is 7.49. The molecule has 162 valence electrons. The van der Waals surface area contributed by atoms with E-state index in [1.165, 1.54) is 0 Å². The number of nitro groups is 6. The Morgan fingerprint density at radius 2 is 0.433 bits per heavy atom. The normalized spacial score (nSPS) is 33.2. The summed E-state index contributed by atoms with van der Waals surface area (Å²) >= 11 is 0. The molecule has 0 unspecified atom stereocenters. The molecule has 0 spiro atoms. The Hall–Kier alpha value is -4.80. The van der Waals surface area contributed by atoms with Crippen LogP contribution in [-0.4, -0.2) is 97.2 Å². The standard InChI is InChI=1S/C6H6N12O12/c19-13(20)7-1-2-8(14(21)22)5(7)6-9(15(23)24)3(11(1)17(27)28)4(10(6)16(25)26)12(2)18(29)30/h1-6H/t1-,2+,3+,4-,5?,6?. The lowest BCUT2D eigenvalue weighted by Crippen LogP contribution is -2.77. The molecule has 5 aliphatic rings. The Labute approximate surface area is 159 Å². The molecule has 0 aromatic rings. The Morgan fingerprint density at radius 1 is 0.333 bits per heavy atom. The van der Waals surface area contributed by atoms with Crippen LogP contribution in [0.2, 0.25) is 0 Å². The highest BCUT2D eigenvalue weighted by Gasteiger charge is 2.89. The second-order valence-corrected chi connectivity index (χ2v) is 6.19. The predicted octanol–water partition coefficient (Wildman–Crippen LogP) is -4.04. The van der Waals surface area contributed by atoms with Crippen molar-refractivity contribution in [2.24, 2.45) is 0 Å². The van der Waals surface area contributed by atoms with Crippen molar-refractivity contribution >= 4 is 0 Å². The molecule has 24 heteroatoms. The second-order valence-electron chi connectivity index (χ2n) is 6.19. The maximum atomic E-state index is 11.7. The SMILES string of the molecule is O=[N+]([O-])N1C2C3N([N+](=O)[O-])[C@H]4[C@@H](N3[N+](=O)[O-])N([N+](=O)[O-])[C@@H]1[C@@H](N2[N+](=O)[O-])N4[N+](=O)[O-]. The maximum Gasteiger partial charge on any atom is 0.272 e. The monoisotopic (exact) mass is 438 g/mol. The summed E-state index contributed by atoms with van der Waals surface area (Å²) in [6, 6.07) is 0. The van der Waals surface area contributed by atoms with Crippen LogP contribution < -0.4 is 0 Å². The smallest absolute Gasteiger partial charge is 0.235 e. The van der Waals surface area contributed by atoms with Gasteiger partial charge in [-0.3, -0.25) is 0 Å². The highest BCUT2D eigenvalue weighted by Crippen LogP contribution is 2.51. The first-order chi connectivity index (χ1) is 13.9. The molecule has 24 nitrogen and oxygen atoms in total. The Morgan fingerprint density at radius 3 is 0.500 bits per heavy atom. The minimum absolute atomic E-state index is 0.180. The summed E-state index contributed by atoms with van der Waals surface area (Å²) in [7, 11) is 0. The fourth-order valence-electron chi connectivity index (χ4n) is 4.46. The summed E-state index contributed by atoms with van der Waals surface area (Å²) < 4.78 is 0. The van der Waals surface area contributed by atoms with Gasteiger partial charge in [0, 0.05) is 0 Å². The molecule has 0 saturated carbocycles. The summed E-state index contributed by atoms with van der Waals surface area (Å²) in [6.07, 6.45) is -14.4. The van der Waals surface area contributed by atoms with Gasteiger partial charge in [0.05, 0.1) is 0 Å². The maximum absolute atomic E-state index is 11.7. The van der Waals surface area contributed by atoms with Gasteiger partial charge in [0.25, 0.3) is 37.0 Å². The van der Waals surface area contributed by atoms with Crippen molar-refractivity contribution < 1.29 is 30.2 Å². The molecule has 0 N–H and O–H groups in total. The van der Waals surface area contributed by atoms with E-state index in [4.69, 9.17) is 0 Å². The van der Waals surface area contributed by atoms with Crippen LogP contribution in [0.25, 0.3) is 0 Å². The molecule has 5 rings (SSSR count). The van der Waals surface area contributed by atoms with E-state index in [0.717, 1.165) is 0 Å². The molecule has 0 amide bonds. The van der Waals surface area contributed by atoms with Crippen molar-refractivity contribution in [1.82, 2.24) is 30.1 Å². The molecule has 5 aliphatic heterocycles. The summed E-state index contributed by atoms with van der Waals surface area (Å²) in [5, 5.41) is 60.5. The van der Waals surface area contributed by atoms with Crippen LogP contribution in [0.15, 0.2) is 0 Å². The third-order valence-electron chi connectivity index (χ3n) is 5.18. The fraction of sp³-hybridized carbons (Fsp3) is 1.00. The zero-order valence-corrected chi connectivity index (χ0v) is 13.7. The van der Waals surface area contributed by atoms with E-state index >= 15 is 0 Å². The van der Waals surface area contributed by atoms with Crippen molar-refractivity contribution in [1.29, 1.82) is 0 Å². The van der Waals surface area contributed by atoms with Gasteiger partial charge in [-0.2, -0.15) is 0 Å². The average Bonchev–Trinajstić information content (AvgIpc) is 3.03. The Bertz CT molecular complexity index is 782. The van der Waals surface area contributed by atoms with E-state index in [0.29, 0.717) is 0 Å². The number of hydrogen-bond acceptors (Lipinski definition) is 12. The van der Waals surface area contributed by atoms with E-state index in [9.17, 15) is 60.7 Å². The summed E-state index contributed by atoms with van der Waals surface area (Å²) in [5.74, 6) is 0. The first kappa shape index (κ1) is 18.6. The van der Waals surface area contributed by atoms with Crippen molar-refractivity contribution in [3.8, 4) is 0 Å². The van der Waals surface area contributed by atoms with Crippen LogP contribution in [0.5, 0.6) is 0 Å². The molecule has 0 aliphatic carbocycles. The minimum atomic E-state index is -2.47. The zero-order valence-electron chi connectivity index (χ0n) is 13.7. The molecule has 0 radical (unpaired) electrons. The van der Waals surface area contributed by atoms with Crippen molar-refractivity contribution in [2.45, 2.75) is 37.0 Å². The lowest BCUT2D eigenvalue weighted by Gasteiger charge is -2.39. The first-order valence-electron chi connectivity index (χ1n) is 7.49. The summed E-state index contributed by atoms with van der Waals surface area (Å²) in [6.45, 7) is 0. The Balaban J connectivity index is 2.12. The molecule has 0 atom stereocenters. The topological polar surface area (TPSA) is 278 Å². The summed E-state index contributed by atoms with van der Waals surface area (Å²) in [4.78, 5) is 69.9. The number of hydrazine groups is 6. The number of piperazine rings is 1. The van der Waals surface area contributed by atoms with Gasteiger partial charge in [-0.05, 0) is 0 Å². The van der Waals surface area contributed by atoms with Gasteiger partial charge in [0.1, 0.15) is 0 Å². The zero-order chi connectivity index (χ0) is 22.4. The van der Waals surface area contributed by atoms with Gasteiger partial charge in [-0.1, -0.05) is 30.1 Å². The van der Waals surface area contributed by atoms with Gasteiger partial charge in [0.15, 0.2) is 30.2 Å². The van der Waals surface area contributed by atoms with Crippen LogP contribution in [0.3, 0.4) is 0 Å². The molecule has 30 heavy (non-hydrogen) atoms. The van der Waals surface area contributed by atoms with Crippen LogP contribution in [0, 0.1) is 60.7 Å². The average molecular weight is 438 g/mol. The van der Waals surface area contributed by atoms with Crippen LogP contribution in [0.1, 0.15) is 0 Å². The van der Waals surface area contributed by atoms with Gasteiger partial charge in [0.2, 0.25) is 0 Å². The molecular weight excluding hydrogens is 432 g/mol. The van der Waals surface area contributed by atoms with Crippen LogP contribution >= 0.6 is 0 Å². The van der Waals surface area contributed by atoms with Crippen molar-refractivity contribution in [2.75, 3.05) is 0 Å². The van der Waals surface area contributed by atoms with E-state index < -0.39 is 67.2 Å². The minimum Gasteiger partial charge on any atom is -0.235 e. The van der Waals surface area contributed by atoms with Crippen molar-refractivity contribution in [3.63, 3.8) is 0 Å². The lowest BCUT2D eigenvalue weighted by atomic mass is 10.2. The van der Waals surface area contributed by atoms with E-state index in [1.54, 1.807) is 0 Å². The molecule has 0 aromatic heterocycles. The highest BCUT2D eigenvalue weighted by molar-refractivity contribution is 5.09. The Kier molecular flexibility index (Phi) is 3.33. The van der Waals surface area contributed by atoms with Crippen molar-refractivity contribution in [3.05, 3.63) is 60.7 Å². The highest BCUT2D eigenvalue weighted by atomic mass is 16.7. The van der Waals surface area contributed by atoms with E-state index in [-0.39, 0.29) is 30.1 Å². The third kappa shape index (κ3) is 1.82.